The third-order valence-corrected chi connectivity index (χ3v) is 5.45. The van der Waals surface area contributed by atoms with Gasteiger partial charge in [0.05, 0.1) is 22.0 Å². The Bertz CT molecular complexity index is 838. The van der Waals surface area contributed by atoms with Crippen molar-refractivity contribution in [3.63, 3.8) is 0 Å². The number of anilines is 3. The molecule has 26 heavy (non-hydrogen) atoms. The van der Waals surface area contributed by atoms with Gasteiger partial charge in [0.2, 0.25) is 0 Å². The highest BCUT2D eigenvalue weighted by Gasteiger charge is 2.21. The van der Waals surface area contributed by atoms with Crippen molar-refractivity contribution in [2.75, 3.05) is 22.5 Å². The lowest BCUT2D eigenvalue weighted by Crippen LogP contribution is -2.37. The molecule has 1 heterocycles. The van der Waals surface area contributed by atoms with Gasteiger partial charge in [-0.15, -0.1) is 0 Å². The Balaban J connectivity index is 1.90. The smallest absolute Gasteiger partial charge is 0.257 e. The number of benzene rings is 2. The van der Waals surface area contributed by atoms with Gasteiger partial charge in [0.15, 0.2) is 0 Å². The third-order valence-electron chi connectivity index (χ3n) is 4.90. The van der Waals surface area contributed by atoms with Gasteiger partial charge < -0.3 is 16.0 Å². The number of hydrogen-bond acceptors (Lipinski definition) is 3. The first-order valence-corrected chi connectivity index (χ1v) is 9.55. The van der Waals surface area contributed by atoms with Crippen LogP contribution in [0.3, 0.4) is 0 Å². The zero-order valence-electron chi connectivity index (χ0n) is 15.0. The predicted octanol–water partition coefficient (Wildman–Crippen LogP) is 5.52. The number of piperidine rings is 1. The summed E-state index contributed by atoms with van der Waals surface area (Å²) in [5.41, 5.74) is 9.88. The average Bonchev–Trinajstić information content (AvgIpc) is 2.58. The zero-order chi connectivity index (χ0) is 18.8. The number of nitrogens with zero attached hydrogens (tertiary/aromatic N) is 1. The minimum Gasteiger partial charge on any atom is -0.397 e. The Morgan fingerprint density at radius 1 is 1.23 bits per heavy atom. The van der Waals surface area contributed by atoms with E-state index < -0.39 is 0 Å². The molecule has 6 heteroatoms. The van der Waals surface area contributed by atoms with Crippen molar-refractivity contribution < 1.29 is 4.79 Å². The Morgan fingerprint density at radius 3 is 2.69 bits per heavy atom. The molecule has 138 valence electrons. The molecule has 2 aromatic rings. The molecule has 0 bridgehead atoms. The van der Waals surface area contributed by atoms with Gasteiger partial charge in [-0.1, -0.05) is 23.2 Å². The molecule has 1 saturated heterocycles. The monoisotopic (exact) mass is 391 g/mol. The maximum absolute atomic E-state index is 12.6. The molecule has 4 nitrogen and oxygen atoms in total. The van der Waals surface area contributed by atoms with Gasteiger partial charge in [0.25, 0.3) is 5.91 Å². The van der Waals surface area contributed by atoms with Crippen molar-refractivity contribution in [3.8, 4) is 0 Å². The fraction of sp³-hybridized carbons (Fsp3) is 0.350. The summed E-state index contributed by atoms with van der Waals surface area (Å²) in [5.74, 6) is -0.306. The van der Waals surface area contributed by atoms with Crippen molar-refractivity contribution in [1.82, 2.24) is 0 Å². The van der Waals surface area contributed by atoms with Gasteiger partial charge in [0.1, 0.15) is 0 Å². The molecular weight excluding hydrogens is 369 g/mol. The van der Waals surface area contributed by atoms with Crippen molar-refractivity contribution in [1.29, 1.82) is 0 Å². The lowest BCUT2D eigenvalue weighted by atomic mass is 10.0. The van der Waals surface area contributed by atoms with Gasteiger partial charge in [0, 0.05) is 23.3 Å². The first-order valence-electron chi connectivity index (χ1n) is 8.80. The lowest BCUT2D eigenvalue weighted by molar-refractivity contribution is 0.102. The molecule has 1 aliphatic rings. The van der Waals surface area contributed by atoms with Crippen LogP contribution in [0.4, 0.5) is 17.1 Å². The minimum absolute atomic E-state index is 0.306. The van der Waals surface area contributed by atoms with Crippen LogP contribution >= 0.6 is 23.2 Å². The molecule has 0 radical (unpaired) electrons. The highest BCUT2D eigenvalue weighted by Crippen LogP contribution is 2.34. The number of amides is 1. The Kier molecular flexibility index (Phi) is 5.64. The first kappa shape index (κ1) is 18.9. The van der Waals surface area contributed by atoms with E-state index >= 15 is 0 Å². The maximum atomic E-state index is 12.6. The second-order valence-electron chi connectivity index (χ2n) is 6.84. The number of nitrogens with two attached hydrogens (primary N) is 1. The largest absolute Gasteiger partial charge is 0.397 e. The SMILES string of the molecule is Cc1cc(N)c(NC(=O)c2ccc(Cl)cc2Cl)cc1N1CCCC[C@@H]1C. The summed E-state index contributed by atoms with van der Waals surface area (Å²) in [4.78, 5) is 15.0. The van der Waals surface area contributed by atoms with Crippen molar-refractivity contribution in [2.24, 2.45) is 0 Å². The van der Waals surface area contributed by atoms with E-state index in [2.05, 4.69) is 24.1 Å². The number of carbonyl (C=O) groups excluding carboxylic acids is 1. The van der Waals surface area contributed by atoms with Crippen LogP contribution in [0.2, 0.25) is 10.0 Å². The average molecular weight is 392 g/mol. The molecule has 0 unspecified atom stereocenters. The molecule has 0 saturated carbocycles. The molecule has 0 aliphatic carbocycles. The molecule has 1 atom stereocenters. The number of rotatable bonds is 3. The number of carbonyl (C=O) groups is 1. The van der Waals surface area contributed by atoms with Crippen LogP contribution in [0.15, 0.2) is 30.3 Å². The highest BCUT2D eigenvalue weighted by molar-refractivity contribution is 6.37. The van der Waals surface area contributed by atoms with E-state index in [4.69, 9.17) is 28.9 Å². The fourth-order valence-electron chi connectivity index (χ4n) is 3.46. The van der Waals surface area contributed by atoms with Crippen LogP contribution in [0.1, 0.15) is 42.1 Å². The van der Waals surface area contributed by atoms with Crippen molar-refractivity contribution >= 4 is 46.2 Å². The quantitative estimate of drug-likeness (QED) is 0.677. The van der Waals surface area contributed by atoms with E-state index in [0.717, 1.165) is 17.8 Å². The first-order chi connectivity index (χ1) is 12.4. The van der Waals surface area contributed by atoms with E-state index in [-0.39, 0.29) is 5.91 Å². The van der Waals surface area contributed by atoms with E-state index in [9.17, 15) is 4.79 Å². The summed E-state index contributed by atoms with van der Waals surface area (Å²) in [6.07, 6.45) is 3.60. The van der Waals surface area contributed by atoms with E-state index in [1.54, 1.807) is 18.2 Å². The fourth-order valence-corrected chi connectivity index (χ4v) is 3.95. The summed E-state index contributed by atoms with van der Waals surface area (Å²) in [7, 11) is 0. The molecule has 1 fully saturated rings. The summed E-state index contributed by atoms with van der Waals surface area (Å²) < 4.78 is 0. The second kappa shape index (κ2) is 7.77. The Labute approximate surface area is 164 Å². The maximum Gasteiger partial charge on any atom is 0.257 e. The van der Waals surface area contributed by atoms with Crippen LogP contribution in [0.25, 0.3) is 0 Å². The van der Waals surface area contributed by atoms with Crippen LogP contribution in [-0.4, -0.2) is 18.5 Å². The van der Waals surface area contributed by atoms with Crippen LogP contribution in [0, 0.1) is 6.92 Å². The predicted molar refractivity (Wildman–Crippen MR) is 111 cm³/mol. The zero-order valence-corrected chi connectivity index (χ0v) is 16.5. The van der Waals surface area contributed by atoms with Gasteiger partial charge in [-0.3, -0.25) is 4.79 Å². The summed E-state index contributed by atoms with van der Waals surface area (Å²) in [5, 5.41) is 3.69. The van der Waals surface area contributed by atoms with Gasteiger partial charge in [-0.05, 0) is 69.0 Å². The molecule has 1 amide bonds. The number of aryl methyl sites for hydroxylation is 1. The molecule has 3 N–H and O–H groups in total. The van der Waals surface area contributed by atoms with Crippen LogP contribution in [-0.2, 0) is 0 Å². The summed E-state index contributed by atoms with van der Waals surface area (Å²) >= 11 is 12.0. The van der Waals surface area contributed by atoms with Crippen LogP contribution < -0.4 is 16.0 Å². The number of halogens is 2. The second-order valence-corrected chi connectivity index (χ2v) is 7.69. The normalized spacial score (nSPS) is 17.2. The third kappa shape index (κ3) is 3.92. The number of hydrogen-bond donors (Lipinski definition) is 2. The van der Waals surface area contributed by atoms with Gasteiger partial charge >= 0.3 is 0 Å². The molecular formula is C20H23Cl2N3O. The van der Waals surface area contributed by atoms with E-state index in [1.807, 2.05) is 12.1 Å². The lowest BCUT2D eigenvalue weighted by Gasteiger charge is -2.36. The van der Waals surface area contributed by atoms with Crippen molar-refractivity contribution in [3.05, 3.63) is 51.5 Å². The Hall–Kier alpha value is -1.91. The van der Waals surface area contributed by atoms with Gasteiger partial charge in [-0.25, -0.2) is 0 Å². The number of nitrogens with one attached hydrogen (secondary N) is 1. The van der Waals surface area contributed by atoms with Gasteiger partial charge in [-0.2, -0.15) is 0 Å². The molecule has 0 aromatic heterocycles. The van der Waals surface area contributed by atoms with Crippen LogP contribution in [0.5, 0.6) is 0 Å². The molecule has 0 spiro atoms. The van der Waals surface area contributed by atoms with Crippen molar-refractivity contribution in [2.45, 2.75) is 39.2 Å². The topological polar surface area (TPSA) is 58.4 Å². The minimum atomic E-state index is -0.306. The summed E-state index contributed by atoms with van der Waals surface area (Å²) in [6, 6.07) is 9.15. The van der Waals surface area contributed by atoms with E-state index in [1.165, 1.54) is 19.3 Å². The standard InChI is InChI=1S/C20H23Cl2N3O/c1-12-9-17(23)18(11-19(12)25-8-4-3-5-13(25)2)24-20(26)15-7-6-14(21)10-16(15)22/h6-7,9-11,13H,3-5,8,23H2,1-2H3,(H,24,26)/t13-/m0/s1. The van der Waals surface area contributed by atoms with E-state index in [0.29, 0.717) is 33.0 Å². The Morgan fingerprint density at radius 2 is 2.00 bits per heavy atom. The molecule has 3 rings (SSSR count). The summed E-state index contributed by atoms with van der Waals surface area (Å²) in [6.45, 7) is 5.30. The number of nitrogen functional groups attached to an aromatic ring is 1. The highest BCUT2D eigenvalue weighted by atomic mass is 35.5. The molecule has 2 aromatic carbocycles. The molecule has 1 aliphatic heterocycles.